The smallest absolute Gasteiger partial charge is 0.137 e. The van der Waals surface area contributed by atoms with Crippen LogP contribution in [0, 0.1) is 0 Å². The third-order valence-corrected chi connectivity index (χ3v) is 4.03. The molecule has 0 aliphatic carbocycles. The van der Waals surface area contributed by atoms with Crippen LogP contribution in [-0.2, 0) is 17.2 Å². The van der Waals surface area contributed by atoms with Crippen molar-refractivity contribution in [3.63, 3.8) is 0 Å². The second-order valence-corrected chi connectivity index (χ2v) is 5.45. The molecule has 0 saturated carbocycles. The van der Waals surface area contributed by atoms with Crippen LogP contribution in [0.1, 0.15) is 18.7 Å². The topological polar surface area (TPSA) is 70.7 Å². The van der Waals surface area contributed by atoms with E-state index in [1.807, 2.05) is 0 Å². The maximum absolute atomic E-state index is 11.1. The van der Waals surface area contributed by atoms with Crippen molar-refractivity contribution in [2.24, 2.45) is 0 Å². The van der Waals surface area contributed by atoms with Crippen molar-refractivity contribution in [2.75, 3.05) is 18.1 Å². The molecule has 6 heteroatoms. The van der Waals surface area contributed by atoms with Gasteiger partial charge in [0.2, 0.25) is 0 Å². The summed E-state index contributed by atoms with van der Waals surface area (Å²) in [7, 11) is -0.565. The van der Waals surface area contributed by atoms with E-state index in [1.54, 1.807) is 0 Å². The molecule has 0 spiro atoms. The van der Waals surface area contributed by atoms with Crippen LogP contribution in [0.3, 0.4) is 0 Å². The summed E-state index contributed by atoms with van der Waals surface area (Å²) in [6.45, 7) is 0.909. The summed E-state index contributed by atoms with van der Waals surface area (Å²) >= 11 is 0. The van der Waals surface area contributed by atoms with Crippen molar-refractivity contribution in [1.29, 1.82) is 0 Å². The molecule has 0 radical (unpaired) electrons. The van der Waals surface area contributed by atoms with Crippen LogP contribution in [0.5, 0.6) is 0 Å². The molecule has 2 N–H and O–H groups in total. The largest absolute Gasteiger partial charge is 0.313 e. The quantitative estimate of drug-likeness (QED) is 0.752. The molecule has 1 aromatic heterocycles. The first-order chi connectivity index (χ1) is 7.34. The average molecular weight is 228 g/mol. The Labute approximate surface area is 91.5 Å². The molecule has 5 nitrogen and oxygen atoms in total. The maximum atomic E-state index is 11.1. The van der Waals surface area contributed by atoms with Crippen LogP contribution in [0.15, 0.2) is 6.33 Å². The Morgan fingerprint density at radius 3 is 3.00 bits per heavy atom. The summed E-state index contributed by atoms with van der Waals surface area (Å²) < 4.78 is 11.1. The van der Waals surface area contributed by atoms with Gasteiger partial charge in [-0.1, -0.05) is 0 Å². The number of nitrogens with one attached hydrogen (secondary N) is 2. The lowest BCUT2D eigenvalue weighted by molar-refractivity contribution is 0.476. The van der Waals surface area contributed by atoms with Gasteiger partial charge in [0.1, 0.15) is 12.2 Å². The van der Waals surface area contributed by atoms with Gasteiger partial charge in [-0.15, -0.1) is 0 Å². The molecule has 0 bridgehead atoms. The number of nitrogens with zero attached hydrogens (tertiary/aromatic N) is 2. The molecule has 0 amide bonds. The lowest BCUT2D eigenvalue weighted by Gasteiger charge is -2.22. The van der Waals surface area contributed by atoms with Gasteiger partial charge in [-0.2, -0.15) is 5.10 Å². The van der Waals surface area contributed by atoms with Gasteiger partial charge in [0.15, 0.2) is 0 Å². The Kier molecular flexibility index (Phi) is 3.85. The molecular formula is C9H16N4OS. The van der Waals surface area contributed by atoms with Crippen LogP contribution in [-0.4, -0.2) is 43.5 Å². The molecule has 1 saturated heterocycles. The number of hydrogen-bond acceptors (Lipinski definition) is 4. The number of rotatable bonds is 4. The van der Waals surface area contributed by atoms with E-state index < -0.39 is 10.8 Å². The van der Waals surface area contributed by atoms with Gasteiger partial charge in [-0.3, -0.25) is 9.31 Å². The fraction of sp³-hybridized carbons (Fsp3) is 0.778. The Balaban J connectivity index is 1.64. The van der Waals surface area contributed by atoms with Gasteiger partial charge in [-0.05, 0) is 12.8 Å². The van der Waals surface area contributed by atoms with E-state index in [-0.39, 0.29) is 0 Å². The molecule has 15 heavy (non-hydrogen) atoms. The third-order valence-electron chi connectivity index (χ3n) is 2.65. The summed E-state index contributed by atoms with van der Waals surface area (Å²) in [6.07, 6.45) is 4.46. The predicted molar refractivity (Wildman–Crippen MR) is 59.0 cm³/mol. The minimum Gasteiger partial charge on any atom is -0.313 e. The minimum absolute atomic E-state index is 0.533. The van der Waals surface area contributed by atoms with Crippen LogP contribution in [0.25, 0.3) is 0 Å². The molecule has 2 rings (SSSR count). The number of hydrogen-bond donors (Lipinski definition) is 2. The molecule has 1 aliphatic heterocycles. The summed E-state index contributed by atoms with van der Waals surface area (Å²) in [4.78, 5) is 4.06. The van der Waals surface area contributed by atoms with Crippen molar-refractivity contribution < 1.29 is 4.21 Å². The van der Waals surface area contributed by atoms with E-state index in [1.165, 1.54) is 6.33 Å². The standard InChI is InChI=1S/C9H16N4OS/c14-15-5-2-8(3-6-15)10-4-1-9-11-7-12-13-9/h7-8,10H,1-6H2,(H,11,12,13). The van der Waals surface area contributed by atoms with E-state index in [0.29, 0.717) is 6.04 Å². The molecule has 0 atom stereocenters. The molecule has 1 fully saturated rings. The van der Waals surface area contributed by atoms with Gasteiger partial charge in [0, 0.05) is 41.3 Å². The van der Waals surface area contributed by atoms with Crippen LogP contribution >= 0.6 is 0 Å². The lowest BCUT2D eigenvalue weighted by Crippen LogP contribution is -2.36. The Morgan fingerprint density at radius 1 is 1.53 bits per heavy atom. The SMILES string of the molecule is O=S1CCC(NCCc2ncn[nH]2)CC1. The number of H-pyrrole nitrogens is 1. The second kappa shape index (κ2) is 5.37. The van der Waals surface area contributed by atoms with Crippen LogP contribution < -0.4 is 5.32 Å². The summed E-state index contributed by atoms with van der Waals surface area (Å²) in [6, 6.07) is 0.533. The first-order valence-electron chi connectivity index (χ1n) is 5.27. The summed E-state index contributed by atoms with van der Waals surface area (Å²) in [5.41, 5.74) is 0. The molecule has 84 valence electrons. The molecule has 0 unspecified atom stereocenters. The van der Waals surface area contributed by atoms with Gasteiger partial charge < -0.3 is 5.32 Å². The zero-order valence-electron chi connectivity index (χ0n) is 8.61. The number of aromatic amines is 1. The van der Waals surface area contributed by atoms with Crippen molar-refractivity contribution in [3.05, 3.63) is 12.2 Å². The highest BCUT2D eigenvalue weighted by atomic mass is 32.2. The van der Waals surface area contributed by atoms with E-state index in [0.717, 1.165) is 43.1 Å². The van der Waals surface area contributed by atoms with Gasteiger partial charge in [0.25, 0.3) is 0 Å². The molecule has 0 aromatic carbocycles. The van der Waals surface area contributed by atoms with Gasteiger partial charge in [-0.25, -0.2) is 4.98 Å². The first-order valence-corrected chi connectivity index (χ1v) is 6.76. The molecular weight excluding hydrogens is 212 g/mol. The Hall–Kier alpha value is -0.750. The zero-order valence-corrected chi connectivity index (χ0v) is 9.42. The fourth-order valence-electron chi connectivity index (χ4n) is 1.74. The lowest BCUT2D eigenvalue weighted by atomic mass is 10.1. The van der Waals surface area contributed by atoms with Crippen molar-refractivity contribution in [3.8, 4) is 0 Å². The van der Waals surface area contributed by atoms with Gasteiger partial charge >= 0.3 is 0 Å². The van der Waals surface area contributed by atoms with Crippen LogP contribution in [0.4, 0.5) is 0 Å². The third kappa shape index (κ3) is 3.39. The minimum atomic E-state index is -0.565. The monoisotopic (exact) mass is 228 g/mol. The van der Waals surface area contributed by atoms with E-state index in [4.69, 9.17) is 0 Å². The highest BCUT2D eigenvalue weighted by molar-refractivity contribution is 7.85. The Bertz CT molecular complexity index is 304. The average Bonchev–Trinajstić information content (AvgIpc) is 2.74. The summed E-state index contributed by atoms with van der Waals surface area (Å²) in [5.74, 6) is 2.61. The predicted octanol–water partition coefficient (Wildman–Crippen LogP) is -0.152. The van der Waals surface area contributed by atoms with Crippen LogP contribution in [0.2, 0.25) is 0 Å². The Morgan fingerprint density at radius 2 is 2.33 bits per heavy atom. The van der Waals surface area contributed by atoms with Crippen molar-refractivity contribution in [2.45, 2.75) is 25.3 Å². The second-order valence-electron chi connectivity index (χ2n) is 3.76. The highest BCUT2D eigenvalue weighted by Gasteiger charge is 2.16. The molecule has 1 aromatic rings. The van der Waals surface area contributed by atoms with Crippen molar-refractivity contribution >= 4 is 10.8 Å². The van der Waals surface area contributed by atoms with E-state index in [2.05, 4.69) is 20.5 Å². The van der Waals surface area contributed by atoms with Gasteiger partial charge in [0.05, 0.1) is 0 Å². The number of aromatic nitrogens is 3. The molecule has 2 heterocycles. The maximum Gasteiger partial charge on any atom is 0.137 e. The zero-order chi connectivity index (χ0) is 10.5. The van der Waals surface area contributed by atoms with E-state index >= 15 is 0 Å². The molecule has 1 aliphatic rings. The van der Waals surface area contributed by atoms with E-state index in [9.17, 15) is 4.21 Å². The normalized spacial score (nSPS) is 26.7. The highest BCUT2D eigenvalue weighted by Crippen LogP contribution is 2.08. The summed E-state index contributed by atoms with van der Waals surface area (Å²) in [5, 5.41) is 10.1. The van der Waals surface area contributed by atoms with Crippen molar-refractivity contribution in [1.82, 2.24) is 20.5 Å². The fourth-order valence-corrected chi connectivity index (χ4v) is 3.04. The first kappa shape index (κ1) is 10.8.